The second-order valence-electron chi connectivity index (χ2n) is 5.21. The van der Waals surface area contributed by atoms with Gasteiger partial charge in [0.05, 0.1) is 6.04 Å². The number of fused-ring (bicyclic) bond motifs is 1. The highest BCUT2D eigenvalue weighted by molar-refractivity contribution is 9.10. The number of amides is 1. The first-order valence-corrected chi connectivity index (χ1v) is 6.47. The molecular weight excluding hydrogens is 282 g/mol. The van der Waals surface area contributed by atoms with Crippen LogP contribution in [0.1, 0.15) is 37.4 Å². The number of aryl methyl sites for hydroxylation is 1. The van der Waals surface area contributed by atoms with Gasteiger partial charge < -0.3 is 10.4 Å². The van der Waals surface area contributed by atoms with Gasteiger partial charge in [0.2, 0.25) is 0 Å². The molecule has 2 N–H and O–H groups in total. The third-order valence-electron chi connectivity index (χ3n) is 3.51. The maximum atomic E-state index is 10.9. The number of hydrogen-bond acceptors (Lipinski definition) is 1. The summed E-state index contributed by atoms with van der Waals surface area (Å²) < 4.78 is 0.992. The molecule has 1 aliphatic rings. The summed E-state index contributed by atoms with van der Waals surface area (Å²) >= 11 is 3.45. The highest BCUT2D eigenvalue weighted by Crippen LogP contribution is 2.44. The number of halogens is 1. The maximum absolute atomic E-state index is 10.9. The van der Waals surface area contributed by atoms with Crippen molar-refractivity contribution in [1.29, 1.82) is 0 Å². The first kappa shape index (κ1) is 12.4. The minimum atomic E-state index is -0.962. The lowest BCUT2D eigenvalue weighted by molar-refractivity contribution is 0.161. The second-order valence-corrected chi connectivity index (χ2v) is 6.13. The summed E-state index contributed by atoms with van der Waals surface area (Å²) in [5.74, 6) is 0. The topological polar surface area (TPSA) is 49.3 Å². The first-order valence-electron chi connectivity index (χ1n) is 5.68. The third kappa shape index (κ3) is 2.46. The van der Waals surface area contributed by atoms with Crippen molar-refractivity contribution >= 4 is 22.0 Å². The van der Waals surface area contributed by atoms with E-state index in [0.717, 1.165) is 22.9 Å². The molecule has 0 spiro atoms. The third-order valence-corrected chi connectivity index (χ3v) is 4.00. The van der Waals surface area contributed by atoms with E-state index in [1.807, 2.05) is 12.1 Å². The Morgan fingerprint density at radius 2 is 2.24 bits per heavy atom. The van der Waals surface area contributed by atoms with Crippen LogP contribution < -0.4 is 5.32 Å². The van der Waals surface area contributed by atoms with Gasteiger partial charge in [0.25, 0.3) is 0 Å². The lowest BCUT2D eigenvalue weighted by Gasteiger charge is -2.40. The molecular formula is C13H16BrNO2. The molecule has 0 radical (unpaired) electrons. The first-order chi connectivity index (χ1) is 7.90. The smallest absolute Gasteiger partial charge is 0.405 e. The molecule has 1 aromatic carbocycles. The molecule has 2 rings (SSSR count). The van der Waals surface area contributed by atoms with Crippen LogP contribution in [0.5, 0.6) is 0 Å². The van der Waals surface area contributed by atoms with Gasteiger partial charge in [0.1, 0.15) is 0 Å². The molecule has 0 saturated heterocycles. The average molecular weight is 298 g/mol. The summed E-state index contributed by atoms with van der Waals surface area (Å²) in [5.41, 5.74) is 2.29. The molecule has 1 amide bonds. The van der Waals surface area contributed by atoms with Gasteiger partial charge in [-0.25, -0.2) is 4.79 Å². The Kier molecular flexibility index (Phi) is 3.17. The van der Waals surface area contributed by atoms with Crippen molar-refractivity contribution in [3.05, 3.63) is 33.8 Å². The minimum absolute atomic E-state index is 0.0494. The molecule has 0 saturated carbocycles. The molecule has 0 bridgehead atoms. The standard InChI is InChI=1S/C13H16BrNO2/c1-13(2)6-5-8-3-4-9(14)7-10(8)11(13)15-12(16)17/h3-4,7,11,15H,5-6H2,1-2H3,(H,16,17). The Balaban J connectivity index is 2.46. The highest BCUT2D eigenvalue weighted by Gasteiger charge is 2.36. The summed E-state index contributed by atoms with van der Waals surface area (Å²) in [6.07, 6.45) is 1.04. The molecule has 92 valence electrons. The van der Waals surface area contributed by atoms with E-state index < -0.39 is 6.09 Å². The molecule has 4 heteroatoms. The molecule has 1 atom stereocenters. The van der Waals surface area contributed by atoms with Crippen LogP contribution in [0, 0.1) is 5.41 Å². The number of nitrogens with one attached hydrogen (secondary N) is 1. The summed E-state index contributed by atoms with van der Waals surface area (Å²) in [4.78, 5) is 10.9. The molecule has 0 heterocycles. The van der Waals surface area contributed by atoms with Crippen LogP contribution in [0.3, 0.4) is 0 Å². The van der Waals surface area contributed by atoms with E-state index in [4.69, 9.17) is 5.11 Å². The predicted octanol–water partition coefficient (Wildman–Crippen LogP) is 3.73. The molecule has 0 aromatic heterocycles. The number of carbonyl (C=O) groups is 1. The predicted molar refractivity (Wildman–Crippen MR) is 70.1 cm³/mol. The van der Waals surface area contributed by atoms with Gasteiger partial charge >= 0.3 is 6.09 Å². The lowest BCUT2D eigenvalue weighted by Crippen LogP contribution is -2.40. The zero-order valence-electron chi connectivity index (χ0n) is 9.96. The van der Waals surface area contributed by atoms with E-state index in [9.17, 15) is 4.79 Å². The second kappa shape index (κ2) is 4.33. The van der Waals surface area contributed by atoms with Crippen molar-refractivity contribution < 1.29 is 9.90 Å². The van der Waals surface area contributed by atoms with Crippen LogP contribution in [0.25, 0.3) is 0 Å². The summed E-state index contributed by atoms with van der Waals surface area (Å²) in [6.45, 7) is 4.22. The Morgan fingerprint density at radius 3 is 2.88 bits per heavy atom. The number of carboxylic acid groups (broad SMARTS) is 1. The van der Waals surface area contributed by atoms with E-state index >= 15 is 0 Å². The summed E-state index contributed by atoms with van der Waals surface area (Å²) in [7, 11) is 0. The summed E-state index contributed by atoms with van der Waals surface area (Å²) in [5, 5.41) is 11.6. The highest BCUT2D eigenvalue weighted by atomic mass is 79.9. The SMILES string of the molecule is CC1(C)CCc2ccc(Br)cc2C1NC(=O)O. The molecule has 1 unspecified atom stereocenters. The molecule has 0 aliphatic heterocycles. The fourth-order valence-corrected chi connectivity index (χ4v) is 2.86. The number of benzene rings is 1. The lowest BCUT2D eigenvalue weighted by atomic mass is 9.70. The monoisotopic (exact) mass is 297 g/mol. The van der Waals surface area contributed by atoms with E-state index in [-0.39, 0.29) is 11.5 Å². The Morgan fingerprint density at radius 1 is 1.53 bits per heavy atom. The zero-order chi connectivity index (χ0) is 12.6. The van der Waals surface area contributed by atoms with Crippen molar-refractivity contribution in [1.82, 2.24) is 5.32 Å². The van der Waals surface area contributed by atoms with Crippen molar-refractivity contribution in [3.63, 3.8) is 0 Å². The minimum Gasteiger partial charge on any atom is -0.465 e. The number of rotatable bonds is 1. The summed E-state index contributed by atoms with van der Waals surface area (Å²) in [6, 6.07) is 5.97. The van der Waals surface area contributed by atoms with Gasteiger partial charge in [-0.3, -0.25) is 0 Å². The zero-order valence-corrected chi connectivity index (χ0v) is 11.5. The fraction of sp³-hybridized carbons (Fsp3) is 0.462. The maximum Gasteiger partial charge on any atom is 0.405 e. The van der Waals surface area contributed by atoms with Gasteiger partial charge in [0.15, 0.2) is 0 Å². The van der Waals surface area contributed by atoms with Crippen LogP contribution >= 0.6 is 15.9 Å². The van der Waals surface area contributed by atoms with Gasteiger partial charge in [-0.1, -0.05) is 35.8 Å². The van der Waals surface area contributed by atoms with Gasteiger partial charge in [-0.15, -0.1) is 0 Å². The largest absolute Gasteiger partial charge is 0.465 e. The van der Waals surface area contributed by atoms with Gasteiger partial charge in [-0.05, 0) is 41.5 Å². The normalized spacial score (nSPS) is 21.7. The van der Waals surface area contributed by atoms with Crippen LogP contribution in [0.15, 0.2) is 22.7 Å². The molecule has 17 heavy (non-hydrogen) atoms. The Hall–Kier alpha value is -1.03. The van der Waals surface area contributed by atoms with Crippen LogP contribution in [-0.2, 0) is 6.42 Å². The van der Waals surface area contributed by atoms with Crippen molar-refractivity contribution in [2.75, 3.05) is 0 Å². The van der Waals surface area contributed by atoms with Crippen molar-refractivity contribution in [3.8, 4) is 0 Å². The average Bonchev–Trinajstić information content (AvgIpc) is 2.22. The number of hydrogen-bond donors (Lipinski definition) is 2. The van der Waals surface area contributed by atoms with E-state index in [0.29, 0.717) is 0 Å². The molecule has 0 fully saturated rings. The van der Waals surface area contributed by atoms with E-state index in [1.54, 1.807) is 0 Å². The van der Waals surface area contributed by atoms with Crippen LogP contribution in [0.2, 0.25) is 0 Å². The Labute approximate surface area is 109 Å². The molecule has 3 nitrogen and oxygen atoms in total. The van der Waals surface area contributed by atoms with Crippen LogP contribution in [0.4, 0.5) is 4.79 Å². The van der Waals surface area contributed by atoms with Gasteiger partial charge in [-0.2, -0.15) is 0 Å². The molecule has 1 aliphatic carbocycles. The fourth-order valence-electron chi connectivity index (χ4n) is 2.48. The van der Waals surface area contributed by atoms with Crippen molar-refractivity contribution in [2.45, 2.75) is 32.7 Å². The van der Waals surface area contributed by atoms with Crippen LogP contribution in [-0.4, -0.2) is 11.2 Å². The van der Waals surface area contributed by atoms with E-state index in [2.05, 4.69) is 41.2 Å². The molecule has 1 aromatic rings. The van der Waals surface area contributed by atoms with Gasteiger partial charge in [0, 0.05) is 4.47 Å². The van der Waals surface area contributed by atoms with Crippen molar-refractivity contribution in [2.24, 2.45) is 5.41 Å². The Bertz CT molecular complexity index is 457. The quantitative estimate of drug-likeness (QED) is 0.830. The van der Waals surface area contributed by atoms with E-state index in [1.165, 1.54) is 5.56 Å².